The second-order valence-electron chi connectivity index (χ2n) is 5.39. The molecule has 0 atom stereocenters. The van der Waals surface area contributed by atoms with E-state index in [2.05, 4.69) is 15.5 Å². The van der Waals surface area contributed by atoms with Gasteiger partial charge < -0.3 is 13.9 Å². The zero-order chi connectivity index (χ0) is 18.7. The molecule has 0 saturated carbocycles. The third kappa shape index (κ3) is 3.48. The van der Waals surface area contributed by atoms with Crippen LogP contribution in [0.1, 0.15) is 29.1 Å². The third-order valence-corrected chi connectivity index (χ3v) is 3.79. The van der Waals surface area contributed by atoms with E-state index in [-0.39, 0.29) is 48.7 Å². The molecule has 1 aliphatic heterocycles. The number of rotatable bonds is 6. The number of carbonyl (C=O) groups excluding carboxylic acids is 3. The molecule has 10 heteroatoms. The van der Waals surface area contributed by atoms with Gasteiger partial charge in [-0.2, -0.15) is 0 Å². The summed E-state index contributed by atoms with van der Waals surface area (Å²) in [5.41, 5.74) is 0.248. The van der Waals surface area contributed by atoms with Gasteiger partial charge in [-0.15, -0.1) is 5.10 Å². The molecular weight excluding hydrogens is 344 g/mol. The van der Waals surface area contributed by atoms with Gasteiger partial charge in [-0.1, -0.05) is 5.10 Å². The van der Waals surface area contributed by atoms with Gasteiger partial charge in [0.15, 0.2) is 0 Å². The van der Waals surface area contributed by atoms with Gasteiger partial charge in [0.2, 0.25) is 17.7 Å². The summed E-state index contributed by atoms with van der Waals surface area (Å²) in [4.78, 5) is 36.6. The van der Waals surface area contributed by atoms with E-state index in [0.717, 1.165) is 4.90 Å². The predicted molar refractivity (Wildman–Crippen MR) is 86.6 cm³/mol. The normalized spacial score (nSPS) is 13.8. The molecule has 1 aliphatic rings. The summed E-state index contributed by atoms with van der Waals surface area (Å²) in [6.07, 6.45) is 0.349. The number of methoxy groups -OCH3 is 2. The largest absolute Gasteiger partial charge is 0.497 e. The topological polar surface area (TPSA) is 124 Å². The van der Waals surface area contributed by atoms with E-state index < -0.39 is 5.91 Å². The standard InChI is InChI=1S/C16H16N4O6/c1-24-9-3-4-10(11(7-9)25-2)15(23)17-16-19-18-12(26-16)8-20-13(21)5-6-14(20)22/h3-4,7H,5-6,8H2,1-2H3,(H,17,19,23). The number of hydrogen-bond acceptors (Lipinski definition) is 8. The number of imide groups is 1. The van der Waals surface area contributed by atoms with Gasteiger partial charge in [-0.3, -0.25) is 24.6 Å². The molecule has 0 unspecified atom stereocenters. The number of carbonyl (C=O) groups is 3. The first kappa shape index (κ1) is 17.4. The molecule has 0 aliphatic carbocycles. The average molecular weight is 360 g/mol. The van der Waals surface area contributed by atoms with Crippen LogP contribution in [0.5, 0.6) is 11.5 Å². The summed E-state index contributed by atoms with van der Waals surface area (Å²) in [6.45, 7) is -0.119. The quantitative estimate of drug-likeness (QED) is 0.756. The summed E-state index contributed by atoms with van der Waals surface area (Å²) in [7, 11) is 2.94. The summed E-state index contributed by atoms with van der Waals surface area (Å²) in [6, 6.07) is 4.56. The Balaban J connectivity index is 1.70. The second kappa shape index (κ2) is 7.21. The fraction of sp³-hybridized carbons (Fsp3) is 0.312. The number of aromatic nitrogens is 2. The van der Waals surface area contributed by atoms with Crippen molar-refractivity contribution in [3.63, 3.8) is 0 Å². The Morgan fingerprint density at radius 2 is 1.92 bits per heavy atom. The molecule has 2 aromatic rings. The van der Waals surface area contributed by atoms with Crippen molar-refractivity contribution in [1.29, 1.82) is 0 Å². The Morgan fingerprint density at radius 3 is 2.58 bits per heavy atom. The molecule has 3 rings (SSSR count). The molecule has 1 aromatic heterocycles. The van der Waals surface area contributed by atoms with Gasteiger partial charge in [0.25, 0.3) is 5.91 Å². The highest BCUT2D eigenvalue weighted by Gasteiger charge is 2.30. The van der Waals surface area contributed by atoms with E-state index in [1.807, 2.05) is 0 Å². The predicted octanol–water partition coefficient (Wildman–Crippen LogP) is 0.988. The van der Waals surface area contributed by atoms with Crippen LogP contribution in [0.15, 0.2) is 22.6 Å². The van der Waals surface area contributed by atoms with Crippen LogP contribution < -0.4 is 14.8 Å². The molecule has 26 heavy (non-hydrogen) atoms. The Kier molecular flexibility index (Phi) is 4.83. The number of likely N-dealkylation sites (tertiary alicyclic amines) is 1. The molecule has 2 heterocycles. The molecular formula is C16H16N4O6. The van der Waals surface area contributed by atoms with Crippen LogP contribution in [0.25, 0.3) is 0 Å². The van der Waals surface area contributed by atoms with Crippen molar-refractivity contribution in [2.75, 3.05) is 19.5 Å². The van der Waals surface area contributed by atoms with Crippen molar-refractivity contribution >= 4 is 23.7 Å². The maximum atomic E-state index is 12.4. The minimum Gasteiger partial charge on any atom is -0.497 e. The highest BCUT2D eigenvalue weighted by Crippen LogP contribution is 2.25. The lowest BCUT2D eigenvalue weighted by atomic mass is 10.2. The van der Waals surface area contributed by atoms with Crippen LogP contribution in [0.3, 0.4) is 0 Å². The molecule has 0 spiro atoms. The van der Waals surface area contributed by atoms with Crippen LogP contribution in [0, 0.1) is 0 Å². The van der Waals surface area contributed by atoms with Crippen molar-refractivity contribution in [3.05, 3.63) is 29.7 Å². The van der Waals surface area contributed by atoms with Crippen molar-refractivity contribution in [3.8, 4) is 11.5 Å². The lowest BCUT2D eigenvalue weighted by Gasteiger charge is -2.10. The Bertz CT molecular complexity index is 846. The summed E-state index contributed by atoms with van der Waals surface area (Å²) < 4.78 is 15.5. The number of benzene rings is 1. The van der Waals surface area contributed by atoms with Gasteiger partial charge in [0.1, 0.15) is 18.0 Å². The van der Waals surface area contributed by atoms with Crippen molar-refractivity contribution < 1.29 is 28.3 Å². The monoisotopic (exact) mass is 360 g/mol. The Labute approximate surface area is 148 Å². The van der Waals surface area contributed by atoms with Crippen LogP contribution in [0.4, 0.5) is 6.01 Å². The number of nitrogens with zero attached hydrogens (tertiary/aromatic N) is 3. The fourth-order valence-electron chi connectivity index (χ4n) is 2.45. The zero-order valence-electron chi connectivity index (χ0n) is 14.1. The van der Waals surface area contributed by atoms with E-state index in [9.17, 15) is 14.4 Å². The molecule has 0 bridgehead atoms. The van der Waals surface area contributed by atoms with Crippen LogP contribution in [0.2, 0.25) is 0 Å². The zero-order valence-corrected chi connectivity index (χ0v) is 14.1. The van der Waals surface area contributed by atoms with Crippen molar-refractivity contribution in [1.82, 2.24) is 15.1 Å². The van der Waals surface area contributed by atoms with Gasteiger partial charge in [0, 0.05) is 18.9 Å². The second-order valence-corrected chi connectivity index (χ2v) is 5.39. The number of hydrogen-bond donors (Lipinski definition) is 1. The highest BCUT2D eigenvalue weighted by molar-refractivity contribution is 6.05. The number of amides is 3. The number of anilines is 1. The molecule has 1 fully saturated rings. The summed E-state index contributed by atoms with van der Waals surface area (Å²) >= 11 is 0. The number of ether oxygens (including phenoxy) is 2. The van der Waals surface area contributed by atoms with Gasteiger partial charge >= 0.3 is 6.01 Å². The van der Waals surface area contributed by atoms with E-state index in [4.69, 9.17) is 13.9 Å². The molecule has 0 radical (unpaired) electrons. The van der Waals surface area contributed by atoms with Gasteiger partial charge in [0.05, 0.1) is 19.8 Å². The highest BCUT2D eigenvalue weighted by atomic mass is 16.5. The minimum atomic E-state index is -0.520. The van der Waals surface area contributed by atoms with E-state index in [1.165, 1.54) is 20.3 Å². The molecule has 10 nitrogen and oxygen atoms in total. The maximum Gasteiger partial charge on any atom is 0.322 e. The first-order valence-electron chi connectivity index (χ1n) is 7.70. The maximum absolute atomic E-state index is 12.4. The van der Waals surface area contributed by atoms with E-state index >= 15 is 0 Å². The SMILES string of the molecule is COc1ccc(C(=O)Nc2nnc(CN3C(=O)CCC3=O)o2)c(OC)c1. The molecule has 1 aromatic carbocycles. The Hall–Kier alpha value is -3.43. The average Bonchev–Trinajstić information content (AvgIpc) is 3.22. The molecule has 1 saturated heterocycles. The van der Waals surface area contributed by atoms with E-state index in [0.29, 0.717) is 11.5 Å². The molecule has 3 amide bonds. The minimum absolute atomic E-state index is 0.0468. The lowest BCUT2D eigenvalue weighted by Crippen LogP contribution is -2.28. The van der Waals surface area contributed by atoms with E-state index in [1.54, 1.807) is 12.1 Å². The fourth-order valence-corrected chi connectivity index (χ4v) is 2.45. The van der Waals surface area contributed by atoms with Crippen molar-refractivity contribution in [2.45, 2.75) is 19.4 Å². The summed E-state index contributed by atoms with van der Waals surface area (Å²) in [5, 5.41) is 9.89. The third-order valence-electron chi connectivity index (χ3n) is 3.79. The molecule has 1 N–H and O–H groups in total. The Morgan fingerprint density at radius 1 is 1.19 bits per heavy atom. The van der Waals surface area contributed by atoms with Crippen molar-refractivity contribution in [2.24, 2.45) is 0 Å². The first-order valence-corrected chi connectivity index (χ1v) is 7.70. The smallest absolute Gasteiger partial charge is 0.322 e. The van der Waals surface area contributed by atoms with Crippen LogP contribution in [-0.4, -0.2) is 47.0 Å². The number of nitrogens with one attached hydrogen (secondary N) is 1. The summed E-state index contributed by atoms with van der Waals surface area (Å²) in [5.74, 6) is -0.199. The van der Waals surface area contributed by atoms with Gasteiger partial charge in [-0.25, -0.2) is 0 Å². The van der Waals surface area contributed by atoms with Crippen LogP contribution in [-0.2, 0) is 16.1 Å². The molecule has 136 valence electrons. The van der Waals surface area contributed by atoms with Crippen LogP contribution >= 0.6 is 0 Å². The lowest BCUT2D eigenvalue weighted by molar-refractivity contribution is -0.139. The van der Waals surface area contributed by atoms with Gasteiger partial charge in [-0.05, 0) is 12.1 Å². The first-order chi connectivity index (χ1) is 12.5.